The molecule has 0 saturated carbocycles. The van der Waals surface area contributed by atoms with Gasteiger partial charge in [0.15, 0.2) is 0 Å². The third-order valence-electron chi connectivity index (χ3n) is 4.34. The van der Waals surface area contributed by atoms with Gasteiger partial charge in [-0.05, 0) is 38.4 Å². The quantitative estimate of drug-likeness (QED) is 0.604. The molecule has 0 unspecified atom stereocenters. The SMILES string of the molecule is CN(C)CCOc1ccccc1C(=O)N(C)Cc1cnn(-c2ccccc2)c1. The van der Waals surface area contributed by atoms with Crippen molar-refractivity contribution < 1.29 is 9.53 Å². The number of carbonyl (C=O) groups is 1. The molecule has 2 aromatic carbocycles. The second-order valence-electron chi connectivity index (χ2n) is 6.94. The molecule has 6 heteroatoms. The molecule has 6 nitrogen and oxygen atoms in total. The molecule has 3 aromatic rings. The zero-order chi connectivity index (χ0) is 19.9. The van der Waals surface area contributed by atoms with E-state index in [0.29, 0.717) is 24.5 Å². The van der Waals surface area contributed by atoms with Gasteiger partial charge >= 0.3 is 0 Å². The zero-order valence-corrected chi connectivity index (χ0v) is 16.6. The summed E-state index contributed by atoms with van der Waals surface area (Å²) in [5, 5.41) is 4.40. The molecule has 28 heavy (non-hydrogen) atoms. The number of para-hydroxylation sites is 2. The first-order chi connectivity index (χ1) is 13.5. The molecule has 0 N–H and O–H groups in total. The number of ether oxygens (including phenoxy) is 1. The highest BCUT2D eigenvalue weighted by atomic mass is 16.5. The van der Waals surface area contributed by atoms with Crippen molar-refractivity contribution in [1.82, 2.24) is 19.6 Å². The standard InChI is InChI=1S/C22H26N4O2/c1-24(2)13-14-28-21-12-8-7-11-20(21)22(27)25(3)16-18-15-23-26(17-18)19-9-5-4-6-10-19/h4-12,15,17H,13-14,16H2,1-3H3. The number of likely N-dealkylation sites (N-methyl/N-ethyl adjacent to an activating group) is 1. The Morgan fingerprint density at radius 1 is 1.04 bits per heavy atom. The van der Waals surface area contributed by atoms with E-state index in [0.717, 1.165) is 17.8 Å². The Bertz CT molecular complexity index is 906. The zero-order valence-electron chi connectivity index (χ0n) is 16.6. The first-order valence-electron chi connectivity index (χ1n) is 9.25. The van der Waals surface area contributed by atoms with Gasteiger partial charge in [-0.25, -0.2) is 4.68 Å². The fourth-order valence-corrected chi connectivity index (χ4v) is 2.82. The molecule has 0 radical (unpaired) electrons. The van der Waals surface area contributed by atoms with Crippen LogP contribution in [-0.4, -0.2) is 59.8 Å². The molecule has 0 fully saturated rings. The van der Waals surface area contributed by atoms with Crippen molar-refractivity contribution in [2.24, 2.45) is 0 Å². The molecule has 0 aliphatic carbocycles. The average Bonchev–Trinajstić information content (AvgIpc) is 3.16. The summed E-state index contributed by atoms with van der Waals surface area (Å²) in [7, 11) is 5.77. The van der Waals surface area contributed by atoms with Gasteiger partial charge in [0.25, 0.3) is 5.91 Å². The van der Waals surface area contributed by atoms with Crippen molar-refractivity contribution in [3.8, 4) is 11.4 Å². The number of carbonyl (C=O) groups excluding carboxylic acids is 1. The number of nitrogens with zero attached hydrogens (tertiary/aromatic N) is 4. The van der Waals surface area contributed by atoms with Crippen LogP contribution < -0.4 is 4.74 Å². The summed E-state index contributed by atoms with van der Waals surface area (Å²) < 4.78 is 7.64. The number of rotatable bonds is 8. The summed E-state index contributed by atoms with van der Waals surface area (Å²) in [4.78, 5) is 16.7. The summed E-state index contributed by atoms with van der Waals surface area (Å²) in [6, 6.07) is 17.3. The van der Waals surface area contributed by atoms with Gasteiger partial charge in [0, 0.05) is 31.9 Å². The lowest BCUT2D eigenvalue weighted by Crippen LogP contribution is -2.27. The second-order valence-corrected chi connectivity index (χ2v) is 6.94. The Labute approximate surface area is 166 Å². The van der Waals surface area contributed by atoms with Crippen molar-refractivity contribution in [3.63, 3.8) is 0 Å². The van der Waals surface area contributed by atoms with Crippen LogP contribution in [0.5, 0.6) is 5.75 Å². The van der Waals surface area contributed by atoms with Gasteiger partial charge in [0.05, 0.1) is 17.4 Å². The van der Waals surface area contributed by atoms with Gasteiger partial charge in [-0.1, -0.05) is 30.3 Å². The predicted molar refractivity (Wildman–Crippen MR) is 110 cm³/mol. The molecule has 3 rings (SSSR count). The van der Waals surface area contributed by atoms with Crippen LogP contribution in [-0.2, 0) is 6.54 Å². The molecule has 0 atom stereocenters. The van der Waals surface area contributed by atoms with E-state index in [1.54, 1.807) is 24.2 Å². The third-order valence-corrected chi connectivity index (χ3v) is 4.34. The third kappa shape index (κ3) is 4.98. The molecule has 1 amide bonds. The van der Waals surface area contributed by atoms with E-state index in [2.05, 4.69) is 5.10 Å². The maximum absolute atomic E-state index is 13.0. The van der Waals surface area contributed by atoms with Crippen LogP contribution in [0.1, 0.15) is 15.9 Å². The smallest absolute Gasteiger partial charge is 0.257 e. The molecule has 1 heterocycles. The van der Waals surface area contributed by atoms with E-state index in [9.17, 15) is 4.79 Å². The van der Waals surface area contributed by atoms with Crippen LogP contribution in [0.4, 0.5) is 0 Å². The minimum absolute atomic E-state index is 0.0760. The normalized spacial score (nSPS) is 10.9. The van der Waals surface area contributed by atoms with E-state index in [1.807, 2.05) is 78.4 Å². The van der Waals surface area contributed by atoms with Crippen LogP contribution in [0.3, 0.4) is 0 Å². The lowest BCUT2D eigenvalue weighted by Gasteiger charge is -2.19. The highest BCUT2D eigenvalue weighted by molar-refractivity contribution is 5.96. The van der Waals surface area contributed by atoms with Gasteiger partial charge in [-0.3, -0.25) is 4.79 Å². The van der Waals surface area contributed by atoms with Gasteiger partial charge in [-0.15, -0.1) is 0 Å². The Balaban J connectivity index is 1.67. The first-order valence-corrected chi connectivity index (χ1v) is 9.25. The predicted octanol–water partition coefficient (Wildman–Crippen LogP) is 3.08. The van der Waals surface area contributed by atoms with Gasteiger partial charge in [0.1, 0.15) is 12.4 Å². The fraction of sp³-hybridized carbons (Fsp3) is 0.273. The van der Waals surface area contributed by atoms with Crippen LogP contribution in [0, 0.1) is 0 Å². The highest BCUT2D eigenvalue weighted by Crippen LogP contribution is 2.20. The van der Waals surface area contributed by atoms with E-state index in [4.69, 9.17) is 4.74 Å². The highest BCUT2D eigenvalue weighted by Gasteiger charge is 2.17. The molecular weight excluding hydrogens is 352 g/mol. The Kier molecular flexibility index (Phi) is 6.45. The molecule has 1 aromatic heterocycles. The van der Waals surface area contributed by atoms with Crippen LogP contribution >= 0.6 is 0 Å². The van der Waals surface area contributed by atoms with Crippen LogP contribution in [0.15, 0.2) is 67.0 Å². The van der Waals surface area contributed by atoms with E-state index in [-0.39, 0.29) is 5.91 Å². The molecule has 146 valence electrons. The topological polar surface area (TPSA) is 50.6 Å². The van der Waals surface area contributed by atoms with E-state index in [1.165, 1.54) is 0 Å². The van der Waals surface area contributed by atoms with E-state index < -0.39 is 0 Å². The Morgan fingerprint density at radius 3 is 2.50 bits per heavy atom. The fourth-order valence-electron chi connectivity index (χ4n) is 2.82. The van der Waals surface area contributed by atoms with Crippen molar-refractivity contribution in [2.75, 3.05) is 34.3 Å². The van der Waals surface area contributed by atoms with Crippen LogP contribution in [0.2, 0.25) is 0 Å². The maximum atomic E-state index is 13.0. The van der Waals surface area contributed by atoms with Crippen molar-refractivity contribution >= 4 is 5.91 Å². The molecule has 0 aliphatic rings. The number of benzene rings is 2. The summed E-state index contributed by atoms with van der Waals surface area (Å²) in [6.45, 7) is 1.79. The lowest BCUT2D eigenvalue weighted by molar-refractivity contribution is 0.0780. The lowest BCUT2D eigenvalue weighted by atomic mass is 10.1. The summed E-state index contributed by atoms with van der Waals surface area (Å²) in [5.74, 6) is 0.536. The number of aromatic nitrogens is 2. The monoisotopic (exact) mass is 378 g/mol. The van der Waals surface area contributed by atoms with Gasteiger partial charge < -0.3 is 14.5 Å². The minimum atomic E-state index is -0.0760. The maximum Gasteiger partial charge on any atom is 0.257 e. The summed E-state index contributed by atoms with van der Waals surface area (Å²) in [5.41, 5.74) is 2.52. The molecular formula is C22H26N4O2. The second kappa shape index (κ2) is 9.19. The molecule has 0 saturated heterocycles. The van der Waals surface area contributed by atoms with E-state index >= 15 is 0 Å². The number of hydrogen-bond acceptors (Lipinski definition) is 4. The van der Waals surface area contributed by atoms with Crippen molar-refractivity contribution in [3.05, 3.63) is 78.1 Å². The number of amides is 1. The summed E-state index contributed by atoms with van der Waals surface area (Å²) in [6.07, 6.45) is 3.73. The Hall–Kier alpha value is -3.12. The first kappa shape index (κ1) is 19.6. The van der Waals surface area contributed by atoms with Crippen molar-refractivity contribution in [2.45, 2.75) is 6.54 Å². The minimum Gasteiger partial charge on any atom is -0.491 e. The van der Waals surface area contributed by atoms with Gasteiger partial charge in [0.2, 0.25) is 0 Å². The summed E-state index contributed by atoms with van der Waals surface area (Å²) >= 11 is 0. The largest absolute Gasteiger partial charge is 0.491 e. The van der Waals surface area contributed by atoms with Gasteiger partial charge in [-0.2, -0.15) is 5.10 Å². The number of hydrogen-bond donors (Lipinski definition) is 0. The molecule has 0 bridgehead atoms. The average molecular weight is 378 g/mol. The Morgan fingerprint density at radius 2 is 1.75 bits per heavy atom. The van der Waals surface area contributed by atoms with Crippen LogP contribution in [0.25, 0.3) is 5.69 Å². The molecule has 0 spiro atoms. The van der Waals surface area contributed by atoms with Crippen molar-refractivity contribution in [1.29, 1.82) is 0 Å². The molecule has 0 aliphatic heterocycles.